The quantitative estimate of drug-likeness (QED) is 0.516. The zero-order chi connectivity index (χ0) is 7.72. The number of hydrogen-bond donors (Lipinski definition) is 1. The average molecular weight is 140 g/mol. The van der Waals surface area contributed by atoms with Crippen molar-refractivity contribution in [2.75, 3.05) is 0 Å². The van der Waals surface area contributed by atoms with Gasteiger partial charge in [0.25, 0.3) is 0 Å². The predicted molar refractivity (Wildman–Crippen MR) is 38.1 cm³/mol. The molecular formula is C7H9FN2. The van der Waals surface area contributed by atoms with Crippen molar-refractivity contribution in [1.29, 1.82) is 0 Å². The summed E-state index contributed by atoms with van der Waals surface area (Å²) >= 11 is 0. The van der Waals surface area contributed by atoms with E-state index in [1.165, 1.54) is 11.1 Å². The van der Waals surface area contributed by atoms with Gasteiger partial charge in [-0.1, -0.05) is 6.58 Å². The van der Waals surface area contributed by atoms with Crippen molar-refractivity contribution in [2.45, 2.75) is 6.92 Å². The summed E-state index contributed by atoms with van der Waals surface area (Å²) in [5, 5.41) is 1.17. The Morgan fingerprint density at radius 1 is 1.70 bits per heavy atom. The van der Waals surface area contributed by atoms with Gasteiger partial charge in [0, 0.05) is 6.20 Å². The van der Waals surface area contributed by atoms with E-state index in [1.54, 1.807) is 13.1 Å². The highest BCUT2D eigenvalue weighted by Crippen LogP contribution is 2.19. The molecule has 0 aliphatic carbocycles. The molecule has 1 aliphatic rings. The van der Waals surface area contributed by atoms with Crippen molar-refractivity contribution in [1.82, 2.24) is 5.01 Å². The first-order chi connectivity index (χ1) is 4.61. The Morgan fingerprint density at radius 2 is 2.30 bits per heavy atom. The molecule has 2 nitrogen and oxygen atoms in total. The monoisotopic (exact) mass is 140 g/mol. The van der Waals surface area contributed by atoms with E-state index in [0.29, 0.717) is 0 Å². The van der Waals surface area contributed by atoms with E-state index in [1.807, 2.05) is 0 Å². The Morgan fingerprint density at radius 3 is 2.80 bits per heavy atom. The molecule has 0 saturated carbocycles. The molecule has 1 rings (SSSR count). The average Bonchev–Trinajstić information content (AvgIpc) is 1.82. The van der Waals surface area contributed by atoms with E-state index >= 15 is 0 Å². The molecule has 0 fully saturated rings. The number of nitrogens with zero attached hydrogens (tertiary/aromatic N) is 1. The van der Waals surface area contributed by atoms with Crippen LogP contribution in [-0.2, 0) is 0 Å². The van der Waals surface area contributed by atoms with Crippen LogP contribution in [0.25, 0.3) is 0 Å². The molecule has 0 aromatic carbocycles. The Kier molecular flexibility index (Phi) is 1.59. The number of allylic oxidation sites excluding steroid dienone is 3. The molecule has 10 heavy (non-hydrogen) atoms. The Hall–Kier alpha value is -1.09. The van der Waals surface area contributed by atoms with Gasteiger partial charge in [-0.2, -0.15) is 0 Å². The zero-order valence-electron chi connectivity index (χ0n) is 5.76. The summed E-state index contributed by atoms with van der Waals surface area (Å²) < 4.78 is 12.7. The molecule has 2 N–H and O–H groups in total. The van der Waals surface area contributed by atoms with Gasteiger partial charge in [0.05, 0.1) is 5.70 Å². The highest BCUT2D eigenvalue weighted by molar-refractivity contribution is 5.34. The summed E-state index contributed by atoms with van der Waals surface area (Å²) in [5.41, 5.74) is 0.984. The lowest BCUT2D eigenvalue weighted by Crippen LogP contribution is -2.26. The lowest BCUT2D eigenvalue weighted by Gasteiger charge is -2.19. The zero-order valence-corrected chi connectivity index (χ0v) is 5.76. The highest BCUT2D eigenvalue weighted by atomic mass is 19.1. The van der Waals surface area contributed by atoms with Crippen LogP contribution in [0.4, 0.5) is 4.39 Å². The fourth-order valence-corrected chi connectivity index (χ4v) is 0.741. The predicted octanol–water partition coefficient (Wildman–Crippen LogP) is 1.45. The minimum Gasteiger partial charge on any atom is -0.284 e. The van der Waals surface area contributed by atoms with E-state index in [9.17, 15) is 4.39 Å². The van der Waals surface area contributed by atoms with Crippen LogP contribution in [0.15, 0.2) is 36.0 Å². The topological polar surface area (TPSA) is 29.3 Å². The molecule has 0 amide bonds. The maximum Gasteiger partial charge on any atom is 0.147 e. The Labute approximate surface area is 59.1 Å². The standard InChI is InChI=1S/C7H9FN2/c1-5-3-7(8)6(2)10(9)4-5/h3-4H,2,9H2,1H3. The molecule has 0 unspecified atom stereocenters. The van der Waals surface area contributed by atoms with Crippen molar-refractivity contribution in [3.05, 3.63) is 36.0 Å². The summed E-state index contributed by atoms with van der Waals surface area (Å²) in [5.74, 6) is 4.96. The lowest BCUT2D eigenvalue weighted by atomic mass is 10.2. The van der Waals surface area contributed by atoms with Gasteiger partial charge < -0.3 is 0 Å². The van der Waals surface area contributed by atoms with Crippen LogP contribution in [-0.4, -0.2) is 5.01 Å². The van der Waals surface area contributed by atoms with Crippen LogP contribution in [0.1, 0.15) is 6.92 Å². The Bertz CT molecular complexity index is 228. The van der Waals surface area contributed by atoms with Crippen LogP contribution in [0.3, 0.4) is 0 Å². The van der Waals surface area contributed by atoms with Crippen LogP contribution in [0.2, 0.25) is 0 Å². The van der Waals surface area contributed by atoms with Gasteiger partial charge in [-0.25, -0.2) is 10.2 Å². The van der Waals surface area contributed by atoms with Crippen molar-refractivity contribution < 1.29 is 4.39 Å². The van der Waals surface area contributed by atoms with E-state index in [-0.39, 0.29) is 11.5 Å². The summed E-state index contributed by atoms with van der Waals surface area (Å²) in [6, 6.07) is 0. The third-order valence-electron chi connectivity index (χ3n) is 1.28. The number of nitrogens with two attached hydrogens (primary N) is 1. The van der Waals surface area contributed by atoms with Crippen molar-refractivity contribution in [3.63, 3.8) is 0 Å². The second kappa shape index (κ2) is 2.27. The van der Waals surface area contributed by atoms with Crippen molar-refractivity contribution >= 4 is 0 Å². The number of hydrogen-bond acceptors (Lipinski definition) is 2. The maximum absolute atomic E-state index is 12.7. The van der Waals surface area contributed by atoms with Crippen molar-refractivity contribution in [2.24, 2.45) is 5.84 Å². The number of rotatable bonds is 0. The summed E-state index contributed by atoms with van der Waals surface area (Å²) in [4.78, 5) is 0. The van der Waals surface area contributed by atoms with Gasteiger partial charge in [-0.05, 0) is 18.6 Å². The van der Waals surface area contributed by atoms with E-state index in [2.05, 4.69) is 6.58 Å². The molecule has 0 radical (unpaired) electrons. The smallest absolute Gasteiger partial charge is 0.147 e. The second-order valence-electron chi connectivity index (χ2n) is 2.22. The molecule has 0 spiro atoms. The first kappa shape index (κ1) is 7.02. The van der Waals surface area contributed by atoms with Gasteiger partial charge in [0.2, 0.25) is 0 Å². The first-order valence-electron chi connectivity index (χ1n) is 2.90. The molecule has 1 heterocycles. The molecule has 0 bridgehead atoms. The van der Waals surface area contributed by atoms with E-state index in [0.717, 1.165) is 5.57 Å². The highest BCUT2D eigenvalue weighted by Gasteiger charge is 2.10. The van der Waals surface area contributed by atoms with Crippen LogP contribution < -0.4 is 5.84 Å². The molecule has 3 heteroatoms. The van der Waals surface area contributed by atoms with E-state index < -0.39 is 0 Å². The molecule has 0 aromatic heterocycles. The minimum atomic E-state index is -0.373. The van der Waals surface area contributed by atoms with Gasteiger partial charge in [-0.15, -0.1) is 0 Å². The van der Waals surface area contributed by atoms with Gasteiger partial charge in [0.1, 0.15) is 5.83 Å². The Balaban J connectivity index is 2.95. The molecular weight excluding hydrogens is 131 g/mol. The SMILES string of the molecule is C=C1C(F)=CC(C)=CN1N. The molecule has 0 atom stereocenters. The van der Waals surface area contributed by atoms with Crippen LogP contribution in [0.5, 0.6) is 0 Å². The van der Waals surface area contributed by atoms with E-state index in [4.69, 9.17) is 5.84 Å². The molecule has 54 valence electrons. The normalized spacial score (nSPS) is 18.7. The summed E-state index contributed by atoms with van der Waals surface area (Å²) in [7, 11) is 0. The first-order valence-corrected chi connectivity index (χ1v) is 2.90. The van der Waals surface area contributed by atoms with Crippen molar-refractivity contribution in [3.8, 4) is 0 Å². The molecule has 0 aromatic rings. The van der Waals surface area contributed by atoms with Gasteiger partial charge in [-0.3, -0.25) is 5.01 Å². The van der Waals surface area contributed by atoms with Gasteiger partial charge in [0.15, 0.2) is 0 Å². The minimum absolute atomic E-state index is 0.200. The summed E-state index contributed by atoms with van der Waals surface area (Å²) in [6.07, 6.45) is 3.01. The van der Waals surface area contributed by atoms with Gasteiger partial charge >= 0.3 is 0 Å². The van der Waals surface area contributed by atoms with Crippen LogP contribution >= 0.6 is 0 Å². The number of hydrazine groups is 1. The fourth-order valence-electron chi connectivity index (χ4n) is 0.741. The lowest BCUT2D eigenvalue weighted by molar-refractivity contribution is 0.453. The third-order valence-corrected chi connectivity index (χ3v) is 1.28. The second-order valence-corrected chi connectivity index (χ2v) is 2.22. The summed E-state index contributed by atoms with van der Waals surface area (Å²) in [6.45, 7) is 5.19. The number of halogens is 1. The molecule has 1 aliphatic heterocycles. The molecule has 0 saturated heterocycles. The largest absolute Gasteiger partial charge is 0.284 e. The maximum atomic E-state index is 12.7. The third kappa shape index (κ3) is 1.09. The van der Waals surface area contributed by atoms with Crippen LogP contribution in [0, 0.1) is 0 Å². The fraction of sp³-hybridized carbons (Fsp3) is 0.143.